The molecule has 0 aliphatic rings. The van der Waals surface area contributed by atoms with Gasteiger partial charge in [-0.3, -0.25) is 0 Å². The van der Waals surface area contributed by atoms with Gasteiger partial charge in [0.2, 0.25) is 0 Å². The van der Waals surface area contributed by atoms with E-state index in [0.717, 1.165) is 26.2 Å². The van der Waals surface area contributed by atoms with Crippen molar-refractivity contribution in [1.82, 2.24) is 5.32 Å². The van der Waals surface area contributed by atoms with Crippen molar-refractivity contribution in [3.05, 3.63) is 35.2 Å². The second-order valence-electron chi connectivity index (χ2n) is 4.28. The molecule has 0 aliphatic carbocycles. The van der Waals surface area contributed by atoms with Gasteiger partial charge in [-0.15, -0.1) is 11.3 Å². The van der Waals surface area contributed by atoms with Gasteiger partial charge in [0.15, 0.2) is 0 Å². The molecule has 1 aromatic heterocycles. The lowest BCUT2D eigenvalue weighted by Gasteiger charge is -2.19. The van der Waals surface area contributed by atoms with Crippen LogP contribution in [0.25, 0.3) is 10.1 Å². The molecule has 0 saturated heterocycles. The van der Waals surface area contributed by atoms with Gasteiger partial charge in [-0.05, 0) is 42.3 Å². The molecule has 2 nitrogen and oxygen atoms in total. The zero-order valence-corrected chi connectivity index (χ0v) is 11.9. The highest BCUT2D eigenvalue weighted by Gasteiger charge is 2.13. The summed E-state index contributed by atoms with van der Waals surface area (Å²) in [6, 6.07) is 9.15. The van der Waals surface area contributed by atoms with E-state index in [9.17, 15) is 0 Å². The predicted molar refractivity (Wildman–Crippen MR) is 79.4 cm³/mol. The van der Waals surface area contributed by atoms with Crippen LogP contribution in [0, 0.1) is 0 Å². The Balaban J connectivity index is 2.20. The number of fused-ring (bicyclic) bond motifs is 1. The Hall–Kier alpha value is -0.900. The van der Waals surface area contributed by atoms with Crippen molar-refractivity contribution in [1.29, 1.82) is 0 Å². The molecule has 1 atom stereocenters. The van der Waals surface area contributed by atoms with Gasteiger partial charge < -0.3 is 10.1 Å². The molecule has 98 valence electrons. The van der Waals surface area contributed by atoms with E-state index in [1.807, 2.05) is 18.3 Å². The highest BCUT2D eigenvalue weighted by molar-refractivity contribution is 7.17. The molecule has 1 aromatic carbocycles. The summed E-state index contributed by atoms with van der Waals surface area (Å²) in [4.78, 5) is 0. The summed E-state index contributed by atoms with van der Waals surface area (Å²) in [6.45, 7) is 6.79. The Bertz CT molecular complexity index is 480. The van der Waals surface area contributed by atoms with E-state index in [0.29, 0.717) is 6.04 Å². The zero-order valence-electron chi connectivity index (χ0n) is 11.1. The van der Waals surface area contributed by atoms with Crippen LogP contribution in [0.15, 0.2) is 29.6 Å². The highest BCUT2D eigenvalue weighted by atomic mass is 32.1. The summed E-state index contributed by atoms with van der Waals surface area (Å²) in [5.74, 6) is 0. The third-order valence-corrected chi connectivity index (χ3v) is 4.07. The van der Waals surface area contributed by atoms with Gasteiger partial charge in [0, 0.05) is 24.0 Å². The van der Waals surface area contributed by atoms with E-state index in [2.05, 4.69) is 41.9 Å². The molecule has 1 N–H and O–H groups in total. The smallest absolute Gasteiger partial charge is 0.0484 e. The van der Waals surface area contributed by atoms with Gasteiger partial charge in [0.1, 0.15) is 0 Å². The molecule has 0 amide bonds. The molecule has 0 bridgehead atoms. The summed E-state index contributed by atoms with van der Waals surface area (Å²) in [5, 5.41) is 7.08. The fourth-order valence-electron chi connectivity index (χ4n) is 2.25. The largest absolute Gasteiger partial charge is 0.382 e. The van der Waals surface area contributed by atoms with Gasteiger partial charge in [-0.1, -0.05) is 25.1 Å². The summed E-state index contributed by atoms with van der Waals surface area (Å²) < 4.78 is 6.89. The van der Waals surface area contributed by atoms with Crippen LogP contribution in [-0.2, 0) is 4.74 Å². The molecule has 1 heterocycles. The molecular weight excluding hydrogens is 242 g/mol. The topological polar surface area (TPSA) is 21.3 Å². The fraction of sp³-hybridized carbons (Fsp3) is 0.467. The minimum atomic E-state index is 0.392. The summed E-state index contributed by atoms with van der Waals surface area (Å²) >= 11 is 1.83. The van der Waals surface area contributed by atoms with E-state index < -0.39 is 0 Å². The first-order valence-electron chi connectivity index (χ1n) is 6.64. The van der Waals surface area contributed by atoms with Crippen molar-refractivity contribution in [2.24, 2.45) is 0 Å². The second-order valence-corrected chi connectivity index (χ2v) is 5.20. The van der Waals surface area contributed by atoms with Crippen molar-refractivity contribution in [2.45, 2.75) is 26.3 Å². The molecule has 2 aromatic rings. The van der Waals surface area contributed by atoms with Crippen LogP contribution in [0.1, 0.15) is 31.9 Å². The van der Waals surface area contributed by atoms with Crippen LogP contribution in [0.2, 0.25) is 0 Å². The third kappa shape index (κ3) is 3.10. The molecule has 1 unspecified atom stereocenters. The lowest BCUT2D eigenvalue weighted by atomic mass is 10.0. The molecule has 0 spiro atoms. The summed E-state index contributed by atoms with van der Waals surface area (Å²) in [7, 11) is 0. The molecule has 0 fully saturated rings. The number of rotatable bonds is 7. The Labute approximate surface area is 113 Å². The predicted octanol–water partition coefficient (Wildman–Crippen LogP) is 3.98. The number of hydrogen-bond donors (Lipinski definition) is 1. The maximum Gasteiger partial charge on any atom is 0.0484 e. The summed E-state index contributed by atoms with van der Waals surface area (Å²) in [6.07, 6.45) is 1.03. The lowest BCUT2D eigenvalue weighted by Crippen LogP contribution is -2.22. The molecule has 2 rings (SSSR count). The Morgan fingerprint density at radius 3 is 2.94 bits per heavy atom. The number of hydrogen-bond acceptors (Lipinski definition) is 3. The maximum absolute atomic E-state index is 5.49. The number of benzene rings is 1. The van der Waals surface area contributed by atoms with E-state index in [1.165, 1.54) is 15.6 Å². The van der Waals surface area contributed by atoms with Crippen molar-refractivity contribution in [3.63, 3.8) is 0 Å². The standard InChI is InChI=1S/C15H21NOS/c1-3-16-14(8-10-17-4-2)13-7-5-6-12-9-11-18-15(12)13/h5-7,9,11,14,16H,3-4,8,10H2,1-2H3. The third-order valence-electron chi connectivity index (χ3n) is 3.09. The average molecular weight is 263 g/mol. The van der Waals surface area contributed by atoms with Crippen molar-refractivity contribution in [2.75, 3.05) is 19.8 Å². The first-order valence-corrected chi connectivity index (χ1v) is 7.52. The van der Waals surface area contributed by atoms with Gasteiger partial charge in [-0.25, -0.2) is 0 Å². The zero-order chi connectivity index (χ0) is 12.8. The van der Waals surface area contributed by atoms with Crippen molar-refractivity contribution < 1.29 is 4.74 Å². The van der Waals surface area contributed by atoms with E-state index >= 15 is 0 Å². The van der Waals surface area contributed by atoms with Crippen LogP contribution in [0.3, 0.4) is 0 Å². The van der Waals surface area contributed by atoms with E-state index in [-0.39, 0.29) is 0 Å². The first kappa shape index (κ1) is 13.5. The number of thiophene rings is 1. The maximum atomic E-state index is 5.49. The minimum absolute atomic E-state index is 0.392. The van der Waals surface area contributed by atoms with Gasteiger partial charge in [0.05, 0.1) is 0 Å². The van der Waals surface area contributed by atoms with E-state index in [4.69, 9.17) is 4.74 Å². The highest BCUT2D eigenvalue weighted by Crippen LogP contribution is 2.30. The number of ether oxygens (including phenoxy) is 1. The Morgan fingerprint density at radius 1 is 1.28 bits per heavy atom. The average Bonchev–Trinajstić information content (AvgIpc) is 2.86. The van der Waals surface area contributed by atoms with Crippen LogP contribution in [0.5, 0.6) is 0 Å². The molecule has 3 heteroatoms. The van der Waals surface area contributed by atoms with Crippen LogP contribution >= 0.6 is 11.3 Å². The molecular formula is C15H21NOS. The number of nitrogens with one attached hydrogen (secondary N) is 1. The van der Waals surface area contributed by atoms with Crippen LogP contribution in [-0.4, -0.2) is 19.8 Å². The normalized spacial score (nSPS) is 13.0. The molecule has 0 aliphatic heterocycles. The SMILES string of the molecule is CCNC(CCOCC)c1cccc2ccsc12. The van der Waals surface area contributed by atoms with Gasteiger partial charge >= 0.3 is 0 Å². The van der Waals surface area contributed by atoms with Crippen molar-refractivity contribution >= 4 is 21.4 Å². The minimum Gasteiger partial charge on any atom is -0.382 e. The van der Waals surface area contributed by atoms with Crippen LogP contribution in [0.4, 0.5) is 0 Å². The van der Waals surface area contributed by atoms with E-state index in [1.54, 1.807) is 0 Å². The fourth-order valence-corrected chi connectivity index (χ4v) is 3.22. The summed E-state index contributed by atoms with van der Waals surface area (Å²) in [5.41, 5.74) is 1.41. The molecule has 0 saturated carbocycles. The monoisotopic (exact) mass is 263 g/mol. The molecule has 18 heavy (non-hydrogen) atoms. The quantitative estimate of drug-likeness (QED) is 0.763. The first-order chi connectivity index (χ1) is 8.86. The second kappa shape index (κ2) is 6.88. The van der Waals surface area contributed by atoms with Crippen molar-refractivity contribution in [3.8, 4) is 0 Å². The van der Waals surface area contributed by atoms with Gasteiger partial charge in [-0.2, -0.15) is 0 Å². The Morgan fingerprint density at radius 2 is 2.17 bits per heavy atom. The Kier molecular flexibility index (Phi) is 5.17. The van der Waals surface area contributed by atoms with Crippen LogP contribution < -0.4 is 5.32 Å². The van der Waals surface area contributed by atoms with Gasteiger partial charge in [0.25, 0.3) is 0 Å². The molecule has 0 radical (unpaired) electrons. The lowest BCUT2D eigenvalue weighted by molar-refractivity contribution is 0.136.